The van der Waals surface area contributed by atoms with Gasteiger partial charge in [0.2, 0.25) is 0 Å². The van der Waals surface area contributed by atoms with Gasteiger partial charge in [-0.05, 0) is 85.1 Å². The molecule has 0 fully saturated rings. The number of fused-ring (bicyclic) bond motifs is 11. The molecule has 0 atom stereocenters. The number of rotatable bonds is 6. The van der Waals surface area contributed by atoms with E-state index in [4.69, 9.17) is 0 Å². The summed E-state index contributed by atoms with van der Waals surface area (Å²) in [6, 6.07) is 42.6. The van der Waals surface area contributed by atoms with Gasteiger partial charge in [-0.3, -0.25) is 0 Å². The van der Waals surface area contributed by atoms with E-state index in [0.29, 0.717) is 0 Å². The minimum absolute atomic E-state index is 0.955. The zero-order valence-electron chi connectivity index (χ0n) is 26.3. The van der Waals surface area contributed by atoms with Gasteiger partial charge in [0.05, 0.1) is 0 Å². The van der Waals surface area contributed by atoms with Crippen LogP contribution in [0.2, 0.25) is 0 Å². The summed E-state index contributed by atoms with van der Waals surface area (Å²) in [7, 11) is 0. The molecule has 0 bridgehead atoms. The van der Waals surface area contributed by atoms with Crippen molar-refractivity contribution >= 4 is 101 Å². The highest BCUT2D eigenvalue weighted by Crippen LogP contribution is 2.47. The predicted molar refractivity (Wildman–Crippen MR) is 217 cm³/mol. The van der Waals surface area contributed by atoms with Crippen LogP contribution in [0.4, 0.5) is 0 Å². The number of thiophene rings is 2. The summed E-state index contributed by atoms with van der Waals surface area (Å²) in [5.74, 6) is 0. The minimum Gasteiger partial charge on any atom is -0.135 e. The lowest BCUT2D eigenvalue weighted by atomic mass is 9.85. The second kappa shape index (κ2) is 11.3. The van der Waals surface area contributed by atoms with Crippen molar-refractivity contribution in [1.82, 2.24) is 0 Å². The first-order valence-electron chi connectivity index (χ1n) is 16.1. The summed E-state index contributed by atoms with van der Waals surface area (Å²) >= 11 is 3.80. The molecule has 9 rings (SSSR count). The summed E-state index contributed by atoms with van der Waals surface area (Å²) in [6.45, 7) is 12.4. The Morgan fingerprint density at radius 3 is 1.94 bits per heavy atom. The van der Waals surface area contributed by atoms with Crippen LogP contribution in [-0.4, -0.2) is 0 Å². The van der Waals surface area contributed by atoms with Gasteiger partial charge in [0.25, 0.3) is 0 Å². The first kappa shape index (κ1) is 28.7. The summed E-state index contributed by atoms with van der Waals surface area (Å²) < 4.78 is 5.37. The van der Waals surface area contributed by atoms with Gasteiger partial charge in [0.1, 0.15) is 0 Å². The maximum absolute atomic E-state index is 4.57. The third-order valence-electron chi connectivity index (χ3n) is 9.50. The Kier molecular flexibility index (Phi) is 6.76. The van der Waals surface area contributed by atoms with E-state index in [2.05, 4.69) is 141 Å². The zero-order chi connectivity index (χ0) is 32.4. The largest absolute Gasteiger partial charge is 0.135 e. The predicted octanol–water partition coefficient (Wildman–Crippen LogP) is 14.4. The average molecular weight is 647 g/mol. The summed E-state index contributed by atoms with van der Waals surface area (Å²) in [5, 5.41) is 12.9. The van der Waals surface area contributed by atoms with E-state index in [0.717, 1.165) is 16.7 Å². The normalized spacial score (nSPS) is 12.5. The second-order valence-corrected chi connectivity index (χ2v) is 14.3. The fourth-order valence-electron chi connectivity index (χ4n) is 7.43. The standard InChI is InChI=1S/C46H30S2/c1-4-6-13-29(5-2)26-28(3)42-32-14-7-9-16-34(32)43(35-17-10-8-15-33(35)42)31-22-24-40-38(27-31)36-23-20-30-21-25-41-45(44(30)46(36)48-40)37-18-11-12-19-39(37)47-41/h4-27H,1-3H2/b13-6-,29-26+. The number of hydrogen-bond acceptors (Lipinski definition) is 2. The molecule has 0 saturated carbocycles. The van der Waals surface area contributed by atoms with Crippen molar-refractivity contribution in [1.29, 1.82) is 0 Å². The van der Waals surface area contributed by atoms with Gasteiger partial charge < -0.3 is 0 Å². The van der Waals surface area contributed by atoms with Crippen molar-refractivity contribution in [2.75, 3.05) is 0 Å². The highest BCUT2D eigenvalue weighted by Gasteiger charge is 2.19. The molecular formula is C46H30S2. The van der Waals surface area contributed by atoms with Crippen LogP contribution in [0, 0.1) is 0 Å². The maximum Gasteiger partial charge on any atom is 0.0440 e. The van der Waals surface area contributed by atoms with Crippen LogP contribution in [0.3, 0.4) is 0 Å². The van der Waals surface area contributed by atoms with Gasteiger partial charge in [-0.15, -0.1) is 22.7 Å². The molecule has 0 nitrogen and oxygen atoms in total. The van der Waals surface area contributed by atoms with Gasteiger partial charge in [0, 0.05) is 45.7 Å². The molecule has 0 aliphatic heterocycles. The molecule has 0 amide bonds. The molecule has 0 saturated heterocycles. The van der Waals surface area contributed by atoms with Crippen LogP contribution in [0.15, 0.2) is 171 Å². The smallest absolute Gasteiger partial charge is 0.0440 e. The molecule has 2 heterocycles. The Hall–Kier alpha value is -5.54. The van der Waals surface area contributed by atoms with Crippen molar-refractivity contribution < 1.29 is 0 Å². The molecule has 0 spiro atoms. The van der Waals surface area contributed by atoms with Crippen molar-refractivity contribution in [2.24, 2.45) is 0 Å². The third-order valence-corrected chi connectivity index (χ3v) is 11.8. The molecule has 2 heteroatoms. The minimum atomic E-state index is 0.955. The Balaban J connectivity index is 1.32. The summed E-state index contributed by atoms with van der Waals surface area (Å²) in [4.78, 5) is 0. The van der Waals surface area contributed by atoms with Crippen molar-refractivity contribution in [3.8, 4) is 11.1 Å². The summed E-state index contributed by atoms with van der Waals surface area (Å²) in [6.07, 6.45) is 9.69. The van der Waals surface area contributed by atoms with Crippen molar-refractivity contribution in [3.05, 3.63) is 177 Å². The van der Waals surface area contributed by atoms with Crippen molar-refractivity contribution in [2.45, 2.75) is 0 Å². The molecule has 2 aromatic heterocycles. The quantitative estimate of drug-likeness (QED) is 0.125. The molecule has 0 aliphatic rings. The molecule has 7 aromatic carbocycles. The Morgan fingerprint density at radius 1 is 0.562 bits per heavy atom. The molecule has 0 unspecified atom stereocenters. The van der Waals surface area contributed by atoms with Crippen LogP contribution >= 0.6 is 22.7 Å². The lowest BCUT2D eigenvalue weighted by Crippen LogP contribution is -1.92. The van der Waals surface area contributed by atoms with Crippen LogP contribution in [-0.2, 0) is 0 Å². The van der Waals surface area contributed by atoms with Gasteiger partial charge in [-0.1, -0.05) is 135 Å². The summed E-state index contributed by atoms with van der Waals surface area (Å²) in [5.41, 5.74) is 5.58. The Bertz CT molecular complexity index is 2830. The average Bonchev–Trinajstić information content (AvgIpc) is 3.70. The third kappa shape index (κ3) is 4.34. The van der Waals surface area contributed by atoms with E-state index in [9.17, 15) is 0 Å². The highest BCUT2D eigenvalue weighted by atomic mass is 32.1. The molecule has 48 heavy (non-hydrogen) atoms. The molecule has 0 N–H and O–H groups in total. The van der Waals surface area contributed by atoms with Crippen molar-refractivity contribution in [3.63, 3.8) is 0 Å². The topological polar surface area (TPSA) is 0 Å². The Labute approximate surface area is 287 Å². The first-order valence-corrected chi connectivity index (χ1v) is 17.7. The van der Waals surface area contributed by atoms with Gasteiger partial charge in [-0.2, -0.15) is 0 Å². The molecule has 226 valence electrons. The second-order valence-electron chi connectivity index (χ2n) is 12.2. The van der Waals surface area contributed by atoms with Gasteiger partial charge in [0.15, 0.2) is 0 Å². The molecule has 9 aromatic rings. The van der Waals surface area contributed by atoms with E-state index >= 15 is 0 Å². The lowest BCUT2D eigenvalue weighted by Gasteiger charge is -2.18. The Morgan fingerprint density at radius 2 is 1.21 bits per heavy atom. The molecule has 0 aliphatic carbocycles. The van der Waals surface area contributed by atoms with E-state index in [1.165, 1.54) is 83.8 Å². The molecular weight excluding hydrogens is 617 g/mol. The number of hydrogen-bond donors (Lipinski definition) is 0. The first-order chi connectivity index (χ1) is 23.6. The van der Waals surface area contributed by atoms with E-state index in [1.807, 2.05) is 40.9 Å². The fourth-order valence-corrected chi connectivity index (χ4v) is 9.78. The number of benzene rings is 7. The highest BCUT2D eigenvalue weighted by molar-refractivity contribution is 7.28. The van der Waals surface area contributed by atoms with Crippen LogP contribution in [0.5, 0.6) is 0 Å². The van der Waals surface area contributed by atoms with E-state index in [-0.39, 0.29) is 0 Å². The van der Waals surface area contributed by atoms with E-state index in [1.54, 1.807) is 6.08 Å². The SMILES string of the molecule is C=C/C=C\C(C=C)=C\C(=C)c1c2ccccc2c(-c2ccc3sc4c(ccc5ccc6sc7ccccc7c6c54)c3c2)c2ccccc12. The van der Waals surface area contributed by atoms with E-state index < -0.39 is 0 Å². The van der Waals surface area contributed by atoms with Gasteiger partial charge in [-0.25, -0.2) is 0 Å². The zero-order valence-corrected chi connectivity index (χ0v) is 27.9. The van der Waals surface area contributed by atoms with Crippen LogP contribution < -0.4 is 0 Å². The van der Waals surface area contributed by atoms with Gasteiger partial charge >= 0.3 is 0 Å². The fraction of sp³-hybridized carbons (Fsp3) is 0. The van der Waals surface area contributed by atoms with Crippen LogP contribution in [0.1, 0.15) is 5.56 Å². The maximum atomic E-state index is 4.57. The number of allylic oxidation sites excluding steroid dienone is 7. The monoisotopic (exact) mass is 646 g/mol. The van der Waals surface area contributed by atoms with Crippen LogP contribution in [0.25, 0.3) is 89.4 Å². The molecule has 0 radical (unpaired) electrons. The lowest BCUT2D eigenvalue weighted by molar-refractivity contribution is 1.67.